The Morgan fingerprint density at radius 1 is 1.11 bits per heavy atom. The summed E-state index contributed by atoms with van der Waals surface area (Å²) in [6.45, 7) is 0.536. The number of amides is 1. The largest absolute Gasteiger partial charge is 0.481 e. The smallest absolute Gasteiger partial charge is 0.313 e. The van der Waals surface area contributed by atoms with Gasteiger partial charge in [0.2, 0.25) is 6.10 Å². The molecule has 142 valence electrons. The summed E-state index contributed by atoms with van der Waals surface area (Å²) in [6, 6.07) is 18.4. The lowest BCUT2D eigenvalue weighted by Crippen LogP contribution is -2.42. The third kappa shape index (κ3) is 4.11. The van der Waals surface area contributed by atoms with E-state index < -0.39 is 17.5 Å². The Bertz CT molecular complexity index is 780. The number of carbonyl (C=O) groups is 2. The number of carboxylic acids is 1. The molecular formula is C21H23NO5. The van der Waals surface area contributed by atoms with E-state index in [0.29, 0.717) is 18.7 Å². The number of carboxylic acid groups (broad SMARTS) is 1. The molecule has 2 aromatic carbocycles. The van der Waals surface area contributed by atoms with Gasteiger partial charge < -0.3 is 19.5 Å². The van der Waals surface area contributed by atoms with Crippen LogP contribution in [0.5, 0.6) is 5.75 Å². The molecule has 2 aromatic rings. The highest BCUT2D eigenvalue weighted by molar-refractivity contribution is 5.85. The predicted octanol–water partition coefficient (Wildman–Crippen LogP) is 2.76. The van der Waals surface area contributed by atoms with Crippen molar-refractivity contribution in [3.05, 3.63) is 66.2 Å². The van der Waals surface area contributed by atoms with Crippen molar-refractivity contribution in [3.8, 4) is 5.75 Å². The lowest BCUT2D eigenvalue weighted by atomic mass is 9.88. The van der Waals surface area contributed by atoms with Gasteiger partial charge in [0.05, 0.1) is 6.61 Å². The van der Waals surface area contributed by atoms with Gasteiger partial charge in [0.1, 0.15) is 11.2 Å². The Balaban J connectivity index is 1.84. The average Bonchev–Trinajstić information content (AvgIpc) is 3.13. The first-order valence-corrected chi connectivity index (χ1v) is 8.83. The van der Waals surface area contributed by atoms with Crippen LogP contribution in [-0.2, 0) is 14.3 Å². The van der Waals surface area contributed by atoms with Crippen molar-refractivity contribution in [3.63, 3.8) is 0 Å². The number of hydrogen-bond donors (Lipinski definition) is 1. The first-order valence-electron chi connectivity index (χ1n) is 8.83. The Morgan fingerprint density at radius 2 is 1.74 bits per heavy atom. The molecule has 3 rings (SSSR count). The monoisotopic (exact) mass is 369 g/mol. The lowest BCUT2D eigenvalue weighted by Gasteiger charge is -2.27. The quantitative estimate of drug-likeness (QED) is 0.812. The van der Waals surface area contributed by atoms with Gasteiger partial charge >= 0.3 is 5.97 Å². The van der Waals surface area contributed by atoms with Crippen LogP contribution >= 0.6 is 0 Å². The predicted molar refractivity (Wildman–Crippen MR) is 99.4 cm³/mol. The molecule has 2 unspecified atom stereocenters. The molecule has 1 amide bonds. The summed E-state index contributed by atoms with van der Waals surface area (Å²) in [6.07, 6.45) is -0.477. The van der Waals surface area contributed by atoms with Gasteiger partial charge in [0, 0.05) is 25.8 Å². The summed E-state index contributed by atoms with van der Waals surface area (Å²) in [5.41, 5.74) is -0.343. The van der Waals surface area contributed by atoms with Crippen molar-refractivity contribution < 1.29 is 24.2 Å². The van der Waals surface area contributed by atoms with Gasteiger partial charge in [0.25, 0.3) is 5.91 Å². The van der Waals surface area contributed by atoms with E-state index in [0.717, 1.165) is 5.56 Å². The van der Waals surface area contributed by atoms with Crippen molar-refractivity contribution in [1.29, 1.82) is 0 Å². The number of hydrogen-bond acceptors (Lipinski definition) is 4. The van der Waals surface area contributed by atoms with Crippen LogP contribution < -0.4 is 4.74 Å². The highest BCUT2D eigenvalue weighted by atomic mass is 16.5. The molecule has 0 saturated carbocycles. The van der Waals surface area contributed by atoms with Crippen LogP contribution in [0.15, 0.2) is 60.7 Å². The van der Waals surface area contributed by atoms with Crippen molar-refractivity contribution >= 4 is 11.9 Å². The summed E-state index contributed by atoms with van der Waals surface area (Å²) in [5, 5.41) is 9.64. The van der Waals surface area contributed by atoms with Gasteiger partial charge in [-0.05, 0) is 18.6 Å². The minimum Gasteiger partial charge on any atom is -0.481 e. The molecule has 0 spiro atoms. The highest BCUT2D eigenvalue weighted by Crippen LogP contribution is 2.34. The number of para-hydroxylation sites is 1. The number of benzene rings is 2. The van der Waals surface area contributed by atoms with Crippen LogP contribution in [0.25, 0.3) is 0 Å². The van der Waals surface area contributed by atoms with Gasteiger partial charge in [-0.15, -0.1) is 0 Å². The van der Waals surface area contributed by atoms with Crippen LogP contribution in [-0.4, -0.2) is 48.7 Å². The summed E-state index contributed by atoms with van der Waals surface area (Å²) in [4.78, 5) is 26.6. The maximum atomic E-state index is 13.2. The Labute approximate surface area is 158 Å². The third-order valence-electron chi connectivity index (χ3n) is 4.86. The molecule has 1 saturated heterocycles. The molecular weight excluding hydrogens is 346 g/mol. The zero-order chi connectivity index (χ0) is 19.3. The minimum absolute atomic E-state index is 0.0711. The van der Waals surface area contributed by atoms with E-state index in [1.165, 1.54) is 7.11 Å². The first-order chi connectivity index (χ1) is 13.1. The lowest BCUT2D eigenvalue weighted by molar-refractivity contribution is -0.152. The third-order valence-corrected chi connectivity index (χ3v) is 4.86. The second-order valence-electron chi connectivity index (χ2n) is 6.75. The Hall–Kier alpha value is -2.86. The normalized spacial score (nSPS) is 20.3. The zero-order valence-electron chi connectivity index (χ0n) is 15.2. The number of methoxy groups -OCH3 is 1. The fourth-order valence-corrected chi connectivity index (χ4v) is 3.38. The average molecular weight is 369 g/mol. The highest BCUT2D eigenvalue weighted by Gasteiger charge is 2.47. The minimum atomic E-state index is -1.07. The van der Waals surface area contributed by atoms with Crippen LogP contribution in [0.2, 0.25) is 0 Å². The van der Waals surface area contributed by atoms with Gasteiger partial charge in [-0.3, -0.25) is 9.59 Å². The number of aliphatic carboxylic acids is 1. The van der Waals surface area contributed by atoms with Gasteiger partial charge in [0.15, 0.2) is 0 Å². The van der Waals surface area contributed by atoms with Gasteiger partial charge in [-0.25, -0.2) is 0 Å². The van der Waals surface area contributed by atoms with Crippen molar-refractivity contribution in [2.75, 3.05) is 26.8 Å². The molecule has 1 heterocycles. The molecule has 1 fully saturated rings. The molecule has 2 atom stereocenters. The van der Waals surface area contributed by atoms with Crippen molar-refractivity contribution in [2.24, 2.45) is 5.41 Å². The summed E-state index contributed by atoms with van der Waals surface area (Å²) >= 11 is 0. The van der Waals surface area contributed by atoms with E-state index in [2.05, 4.69) is 0 Å². The number of rotatable bonds is 7. The van der Waals surface area contributed by atoms with Crippen molar-refractivity contribution in [2.45, 2.75) is 12.5 Å². The molecule has 0 aromatic heterocycles. The molecule has 6 nitrogen and oxygen atoms in total. The molecule has 1 aliphatic rings. The van der Waals surface area contributed by atoms with E-state index in [4.69, 9.17) is 9.47 Å². The van der Waals surface area contributed by atoms with E-state index in [1.54, 1.807) is 17.0 Å². The molecule has 0 aliphatic carbocycles. The number of ether oxygens (including phenoxy) is 2. The topological polar surface area (TPSA) is 76.1 Å². The Kier molecular flexibility index (Phi) is 5.76. The van der Waals surface area contributed by atoms with Crippen LogP contribution in [0.3, 0.4) is 0 Å². The SMILES string of the molecule is COCC1(C(=O)O)CCN(C(=O)C(Oc2ccccc2)c2ccccc2)C1. The van der Waals surface area contributed by atoms with Crippen LogP contribution in [0, 0.1) is 5.41 Å². The number of nitrogens with zero attached hydrogens (tertiary/aromatic N) is 1. The fourth-order valence-electron chi connectivity index (χ4n) is 3.38. The second kappa shape index (κ2) is 8.22. The molecule has 6 heteroatoms. The molecule has 1 aliphatic heterocycles. The first kappa shape index (κ1) is 18.9. The fraction of sp³-hybridized carbons (Fsp3) is 0.333. The summed E-state index contributed by atoms with van der Waals surface area (Å²) in [7, 11) is 1.47. The van der Waals surface area contributed by atoms with E-state index in [9.17, 15) is 14.7 Å². The zero-order valence-corrected chi connectivity index (χ0v) is 15.2. The summed E-state index contributed by atoms with van der Waals surface area (Å²) < 4.78 is 11.1. The van der Waals surface area contributed by atoms with Crippen LogP contribution in [0.4, 0.5) is 0 Å². The molecule has 27 heavy (non-hydrogen) atoms. The van der Waals surface area contributed by atoms with E-state index >= 15 is 0 Å². The van der Waals surface area contributed by atoms with Crippen LogP contribution in [0.1, 0.15) is 18.1 Å². The summed E-state index contributed by atoms with van der Waals surface area (Å²) in [5.74, 6) is -0.607. The van der Waals surface area contributed by atoms with Crippen molar-refractivity contribution in [1.82, 2.24) is 4.90 Å². The van der Waals surface area contributed by atoms with Gasteiger partial charge in [-0.1, -0.05) is 48.5 Å². The van der Waals surface area contributed by atoms with E-state index in [-0.39, 0.29) is 19.1 Å². The van der Waals surface area contributed by atoms with Gasteiger partial charge in [-0.2, -0.15) is 0 Å². The second-order valence-corrected chi connectivity index (χ2v) is 6.75. The molecule has 0 radical (unpaired) electrons. The maximum absolute atomic E-state index is 13.2. The molecule has 0 bridgehead atoms. The Morgan fingerprint density at radius 3 is 2.33 bits per heavy atom. The number of carbonyl (C=O) groups excluding carboxylic acids is 1. The molecule has 1 N–H and O–H groups in total. The maximum Gasteiger partial charge on any atom is 0.313 e. The number of likely N-dealkylation sites (tertiary alicyclic amines) is 1. The van der Waals surface area contributed by atoms with E-state index in [1.807, 2.05) is 48.5 Å². The standard InChI is InChI=1S/C21H23NO5/c1-26-15-21(20(24)25)12-13-22(14-21)19(23)18(16-8-4-2-5-9-16)27-17-10-6-3-7-11-17/h2-11,18H,12-15H2,1H3,(H,24,25).